The van der Waals surface area contributed by atoms with Crippen molar-refractivity contribution in [3.8, 4) is 5.75 Å². The molecular weight excluding hydrogens is 348 g/mol. The second kappa shape index (κ2) is 11.5. The first kappa shape index (κ1) is 22.8. The number of piperidine rings is 1. The lowest BCUT2D eigenvalue weighted by molar-refractivity contribution is -0.123. The summed E-state index contributed by atoms with van der Waals surface area (Å²) in [6.07, 6.45) is 3.87. The average Bonchev–Trinajstić information content (AvgIpc) is 2.61. The zero-order valence-electron chi connectivity index (χ0n) is 16.6. The third kappa shape index (κ3) is 6.81. The van der Waals surface area contributed by atoms with Gasteiger partial charge in [-0.2, -0.15) is 0 Å². The summed E-state index contributed by atoms with van der Waals surface area (Å²) >= 11 is 0. The Morgan fingerprint density at radius 1 is 1.23 bits per heavy atom. The number of nitrogens with one attached hydrogen (secondary N) is 2. The van der Waals surface area contributed by atoms with Crippen LogP contribution < -0.4 is 15.4 Å². The average molecular weight is 383 g/mol. The molecule has 1 fully saturated rings. The highest BCUT2D eigenvalue weighted by Crippen LogP contribution is 2.30. The number of rotatable bonds is 8. The molecule has 0 aliphatic carbocycles. The minimum absolute atomic E-state index is 0. The van der Waals surface area contributed by atoms with Gasteiger partial charge in [-0.3, -0.25) is 4.79 Å². The summed E-state index contributed by atoms with van der Waals surface area (Å²) in [6.45, 7) is 8.75. The van der Waals surface area contributed by atoms with Crippen LogP contribution in [0.5, 0.6) is 5.75 Å². The molecule has 2 N–H and O–H groups in total. The predicted octanol–water partition coefficient (Wildman–Crippen LogP) is 4.35. The maximum Gasteiger partial charge on any atom is 0.220 e. The fourth-order valence-corrected chi connectivity index (χ4v) is 3.81. The van der Waals surface area contributed by atoms with Crippen LogP contribution in [0.3, 0.4) is 0 Å². The van der Waals surface area contributed by atoms with Crippen molar-refractivity contribution in [2.24, 2.45) is 17.8 Å². The third-order valence-electron chi connectivity index (χ3n) is 5.25. The summed E-state index contributed by atoms with van der Waals surface area (Å²) in [6, 6.07) is 8.00. The number of methoxy groups -OCH3 is 1. The molecule has 1 heterocycles. The Labute approximate surface area is 164 Å². The normalized spacial score (nSPS) is 17.3. The molecule has 1 amide bonds. The van der Waals surface area contributed by atoms with Crippen LogP contribution in [0.15, 0.2) is 24.3 Å². The number of hydrogen-bond donors (Lipinski definition) is 2. The lowest BCUT2D eigenvalue weighted by Gasteiger charge is -2.29. The minimum atomic E-state index is 0. The number of para-hydroxylation sites is 1. The quantitative estimate of drug-likeness (QED) is 0.702. The van der Waals surface area contributed by atoms with E-state index in [0.717, 1.165) is 30.8 Å². The molecule has 26 heavy (non-hydrogen) atoms. The van der Waals surface area contributed by atoms with Gasteiger partial charge in [-0.1, -0.05) is 39.0 Å². The van der Waals surface area contributed by atoms with E-state index in [1.54, 1.807) is 7.11 Å². The van der Waals surface area contributed by atoms with Crippen LogP contribution in [0.4, 0.5) is 0 Å². The number of carbonyl (C=O) groups is 1. The Bertz CT molecular complexity index is 545. The molecule has 2 unspecified atom stereocenters. The van der Waals surface area contributed by atoms with Crippen molar-refractivity contribution in [1.29, 1.82) is 0 Å². The van der Waals surface area contributed by atoms with E-state index < -0.39 is 0 Å². The van der Waals surface area contributed by atoms with Crippen molar-refractivity contribution in [2.75, 3.05) is 20.2 Å². The third-order valence-corrected chi connectivity index (χ3v) is 5.25. The fraction of sp³-hybridized carbons (Fsp3) is 0.667. The van der Waals surface area contributed by atoms with Crippen LogP contribution in [0, 0.1) is 17.8 Å². The molecular formula is C21H35ClN2O2. The Morgan fingerprint density at radius 3 is 2.50 bits per heavy atom. The van der Waals surface area contributed by atoms with E-state index in [9.17, 15) is 4.79 Å². The molecule has 2 rings (SSSR count). The molecule has 1 aromatic carbocycles. The number of carbonyl (C=O) groups excluding carboxylic acids is 1. The van der Waals surface area contributed by atoms with Gasteiger partial charge in [-0.15, -0.1) is 12.4 Å². The zero-order chi connectivity index (χ0) is 18.2. The SMILES string of the molecule is COc1ccccc1C(CC(C)C)NC(=O)CC(C)C1CCNCC1.Cl. The molecule has 1 aliphatic rings. The molecule has 1 aliphatic heterocycles. The maximum absolute atomic E-state index is 12.7. The van der Waals surface area contributed by atoms with E-state index in [2.05, 4.69) is 37.5 Å². The summed E-state index contributed by atoms with van der Waals surface area (Å²) in [4.78, 5) is 12.7. The van der Waals surface area contributed by atoms with E-state index in [1.165, 1.54) is 12.8 Å². The zero-order valence-corrected chi connectivity index (χ0v) is 17.4. The maximum atomic E-state index is 12.7. The molecule has 4 nitrogen and oxygen atoms in total. The fourth-order valence-electron chi connectivity index (χ4n) is 3.81. The van der Waals surface area contributed by atoms with E-state index in [0.29, 0.717) is 24.2 Å². The van der Waals surface area contributed by atoms with Crippen molar-refractivity contribution < 1.29 is 9.53 Å². The first-order valence-corrected chi connectivity index (χ1v) is 9.64. The molecule has 0 spiro atoms. The largest absolute Gasteiger partial charge is 0.496 e. The van der Waals surface area contributed by atoms with Crippen LogP contribution in [0.25, 0.3) is 0 Å². The Balaban J connectivity index is 0.00000338. The smallest absolute Gasteiger partial charge is 0.220 e. The van der Waals surface area contributed by atoms with Crippen molar-refractivity contribution in [2.45, 2.75) is 52.5 Å². The second-order valence-electron chi connectivity index (χ2n) is 7.76. The van der Waals surface area contributed by atoms with E-state index in [1.807, 2.05) is 18.2 Å². The Kier molecular flexibility index (Phi) is 10.0. The first-order valence-electron chi connectivity index (χ1n) is 9.64. The van der Waals surface area contributed by atoms with Gasteiger partial charge in [0.15, 0.2) is 0 Å². The van der Waals surface area contributed by atoms with E-state index >= 15 is 0 Å². The first-order chi connectivity index (χ1) is 12.0. The molecule has 1 saturated heterocycles. The number of hydrogen-bond acceptors (Lipinski definition) is 3. The summed E-state index contributed by atoms with van der Waals surface area (Å²) < 4.78 is 5.51. The molecule has 0 aromatic heterocycles. The highest BCUT2D eigenvalue weighted by atomic mass is 35.5. The summed E-state index contributed by atoms with van der Waals surface area (Å²) in [5, 5.41) is 6.67. The van der Waals surface area contributed by atoms with Crippen LogP contribution >= 0.6 is 12.4 Å². The number of amides is 1. The lowest BCUT2D eigenvalue weighted by atomic mass is 9.84. The molecule has 0 saturated carbocycles. The number of halogens is 1. The van der Waals surface area contributed by atoms with Gasteiger partial charge in [0, 0.05) is 12.0 Å². The van der Waals surface area contributed by atoms with Crippen LogP contribution in [-0.4, -0.2) is 26.1 Å². The summed E-state index contributed by atoms with van der Waals surface area (Å²) in [5.74, 6) is 2.58. The van der Waals surface area contributed by atoms with Crippen LogP contribution in [0.1, 0.15) is 58.1 Å². The van der Waals surface area contributed by atoms with Crippen molar-refractivity contribution in [3.63, 3.8) is 0 Å². The van der Waals surface area contributed by atoms with Gasteiger partial charge in [0.1, 0.15) is 5.75 Å². The van der Waals surface area contributed by atoms with Gasteiger partial charge >= 0.3 is 0 Å². The van der Waals surface area contributed by atoms with Gasteiger partial charge in [-0.25, -0.2) is 0 Å². The number of benzene rings is 1. The molecule has 2 atom stereocenters. The monoisotopic (exact) mass is 382 g/mol. The predicted molar refractivity (Wildman–Crippen MR) is 110 cm³/mol. The Morgan fingerprint density at radius 2 is 1.88 bits per heavy atom. The van der Waals surface area contributed by atoms with Crippen molar-refractivity contribution >= 4 is 18.3 Å². The molecule has 0 radical (unpaired) electrons. The van der Waals surface area contributed by atoms with E-state index in [4.69, 9.17) is 4.74 Å². The van der Waals surface area contributed by atoms with Crippen LogP contribution in [-0.2, 0) is 4.79 Å². The molecule has 5 heteroatoms. The van der Waals surface area contributed by atoms with Crippen LogP contribution in [0.2, 0.25) is 0 Å². The Hall–Kier alpha value is -1.26. The topological polar surface area (TPSA) is 50.4 Å². The molecule has 1 aromatic rings. The lowest BCUT2D eigenvalue weighted by Crippen LogP contribution is -2.35. The summed E-state index contributed by atoms with van der Waals surface area (Å²) in [7, 11) is 1.69. The standard InChI is InChI=1S/C21H34N2O2.ClH/c1-15(2)13-19(18-7-5-6-8-20(18)25-4)23-21(24)14-16(3)17-9-11-22-12-10-17;/h5-8,15-17,19,22H,9-14H2,1-4H3,(H,23,24);1H. The molecule has 0 bridgehead atoms. The highest BCUT2D eigenvalue weighted by Gasteiger charge is 2.24. The second-order valence-corrected chi connectivity index (χ2v) is 7.76. The van der Waals surface area contributed by atoms with Crippen molar-refractivity contribution in [1.82, 2.24) is 10.6 Å². The number of ether oxygens (including phenoxy) is 1. The molecule has 148 valence electrons. The minimum Gasteiger partial charge on any atom is -0.496 e. The van der Waals surface area contributed by atoms with E-state index in [-0.39, 0.29) is 24.4 Å². The highest BCUT2D eigenvalue weighted by molar-refractivity contribution is 5.85. The van der Waals surface area contributed by atoms with Gasteiger partial charge in [-0.05, 0) is 56.2 Å². The van der Waals surface area contributed by atoms with Gasteiger partial charge in [0.05, 0.1) is 13.2 Å². The van der Waals surface area contributed by atoms with Crippen molar-refractivity contribution in [3.05, 3.63) is 29.8 Å². The van der Waals surface area contributed by atoms with Gasteiger partial charge in [0.25, 0.3) is 0 Å². The summed E-state index contributed by atoms with van der Waals surface area (Å²) in [5.41, 5.74) is 1.07. The van der Waals surface area contributed by atoms with Gasteiger partial charge < -0.3 is 15.4 Å². The van der Waals surface area contributed by atoms with Gasteiger partial charge in [0.2, 0.25) is 5.91 Å².